The molecule has 1 amide bonds. The van der Waals surface area contributed by atoms with Crippen molar-refractivity contribution in [2.24, 2.45) is 0 Å². The van der Waals surface area contributed by atoms with E-state index in [1.54, 1.807) is 26.0 Å². The first-order valence-electron chi connectivity index (χ1n) is 16.0. The molecule has 0 radical (unpaired) electrons. The van der Waals surface area contributed by atoms with Gasteiger partial charge in [0.25, 0.3) is 5.91 Å². The average molecular weight is 599 g/mol. The van der Waals surface area contributed by atoms with Crippen molar-refractivity contribution in [1.82, 2.24) is 14.6 Å². The van der Waals surface area contributed by atoms with Gasteiger partial charge < -0.3 is 14.8 Å². The highest BCUT2D eigenvalue weighted by atomic mass is 16.5. The third kappa shape index (κ3) is 10.8. The quantitative estimate of drug-likeness (QED) is 0.0877. The maximum atomic E-state index is 13.0. The zero-order valence-corrected chi connectivity index (χ0v) is 26.6. The van der Waals surface area contributed by atoms with E-state index in [0.717, 1.165) is 12.2 Å². The van der Waals surface area contributed by atoms with Crippen molar-refractivity contribution in [3.63, 3.8) is 0 Å². The third-order valence-corrected chi connectivity index (χ3v) is 7.46. The maximum Gasteiger partial charge on any atom is 0.357 e. The zero-order chi connectivity index (χ0) is 31.6. The van der Waals surface area contributed by atoms with Crippen LogP contribution in [0.1, 0.15) is 130 Å². The van der Waals surface area contributed by atoms with Crippen LogP contribution in [-0.2, 0) is 4.74 Å². The number of hydrogen-bond acceptors (Lipinski definition) is 6. The van der Waals surface area contributed by atoms with Crippen LogP contribution in [0.2, 0.25) is 0 Å². The predicted octanol–water partition coefficient (Wildman–Crippen LogP) is 7.42. The first-order valence-corrected chi connectivity index (χ1v) is 16.0. The summed E-state index contributed by atoms with van der Waals surface area (Å²) in [5, 5.41) is 7.38. The van der Waals surface area contributed by atoms with E-state index in [1.807, 2.05) is 12.1 Å². The molecule has 0 atom stereocenters. The lowest BCUT2D eigenvalue weighted by molar-refractivity contribution is 0.0691. The largest absolute Gasteiger partial charge is 0.494 e. The second-order valence-electron chi connectivity index (χ2n) is 11.0. The summed E-state index contributed by atoms with van der Waals surface area (Å²) in [6.45, 7) is 10.2. The van der Waals surface area contributed by atoms with Crippen LogP contribution in [0.25, 0.3) is 12.2 Å². The molecule has 2 aromatic heterocycles. The molecular weight excluding hydrogens is 552 g/mol. The van der Waals surface area contributed by atoms with Gasteiger partial charge in [0.2, 0.25) is 0 Å². The summed E-state index contributed by atoms with van der Waals surface area (Å²) in [4.78, 5) is 29.9. The van der Waals surface area contributed by atoms with Crippen molar-refractivity contribution in [2.75, 3.05) is 11.9 Å². The van der Waals surface area contributed by atoms with Gasteiger partial charge in [-0.05, 0) is 50.5 Å². The van der Waals surface area contributed by atoms with Gasteiger partial charge in [-0.1, -0.05) is 103 Å². The van der Waals surface area contributed by atoms with Crippen LogP contribution in [0.3, 0.4) is 0 Å². The molecule has 0 unspecified atom stereocenters. The summed E-state index contributed by atoms with van der Waals surface area (Å²) >= 11 is 0. The van der Waals surface area contributed by atoms with Gasteiger partial charge >= 0.3 is 5.97 Å². The smallest absolute Gasteiger partial charge is 0.357 e. The fourth-order valence-corrected chi connectivity index (χ4v) is 5.02. The Morgan fingerprint density at radius 3 is 2.07 bits per heavy atom. The number of imidazole rings is 1. The van der Waals surface area contributed by atoms with Crippen LogP contribution in [0, 0.1) is 30.8 Å². The van der Waals surface area contributed by atoms with Gasteiger partial charge in [-0.2, -0.15) is 5.10 Å². The molecule has 234 valence electrons. The van der Waals surface area contributed by atoms with Crippen LogP contribution in [-0.4, -0.2) is 33.1 Å². The molecule has 0 saturated carbocycles. The summed E-state index contributed by atoms with van der Waals surface area (Å²) in [7, 11) is 0. The summed E-state index contributed by atoms with van der Waals surface area (Å²) in [6.07, 6.45) is 20.8. The Morgan fingerprint density at radius 2 is 1.48 bits per heavy atom. The molecule has 0 spiro atoms. The van der Waals surface area contributed by atoms with E-state index in [-0.39, 0.29) is 22.3 Å². The van der Waals surface area contributed by atoms with Crippen LogP contribution in [0.4, 0.5) is 5.69 Å². The third-order valence-electron chi connectivity index (χ3n) is 7.46. The Morgan fingerprint density at radius 1 is 0.886 bits per heavy atom. The minimum absolute atomic E-state index is 0.0580. The number of unbranched alkanes of at least 4 members (excludes halogenated alkanes) is 13. The van der Waals surface area contributed by atoms with Crippen molar-refractivity contribution in [2.45, 2.75) is 111 Å². The standard InChI is InChI=1S/C36H46N4O4/c1-5-7-9-10-11-12-13-14-15-16-17-18-19-21-26-43-31-24-22-30(23-25-31)37-35(41)33-29(4)40-34(38-33)32(28(3)39-40)36(42)44-27-20-8-6-2/h22-25H,4-5,7,9-19,21,26H2,1-3H3,(H,37,41). The number of amides is 1. The normalized spacial score (nSPS) is 10.5. The lowest BCUT2D eigenvalue weighted by Crippen LogP contribution is -2.22. The molecule has 44 heavy (non-hydrogen) atoms. The number of fused-ring (bicyclic) bond motifs is 1. The number of anilines is 1. The van der Waals surface area contributed by atoms with Crippen LogP contribution in [0.5, 0.6) is 5.75 Å². The van der Waals surface area contributed by atoms with E-state index >= 15 is 0 Å². The molecule has 0 fully saturated rings. The van der Waals surface area contributed by atoms with Crippen molar-refractivity contribution < 1.29 is 19.1 Å². The number of carbonyl (C=O) groups is 2. The van der Waals surface area contributed by atoms with Crippen LogP contribution < -0.4 is 15.4 Å². The Bertz CT molecular complexity index is 1520. The molecule has 3 rings (SSSR count). The van der Waals surface area contributed by atoms with E-state index in [0.29, 0.717) is 18.0 Å². The molecule has 0 aliphatic rings. The number of nitrogens with one attached hydrogen (secondary N) is 1. The molecule has 0 aliphatic heterocycles. The molecule has 3 aromatic rings. The molecule has 8 nitrogen and oxygen atoms in total. The highest BCUT2D eigenvalue weighted by Crippen LogP contribution is 2.19. The SMILES string of the molecule is C=c1c(C(=O)Nc2ccc(OCCCCCCCCCCCCCCCC)cc2)nc2c(C(=O)OC#CC#CC)c(C)nn12. The number of aryl methyl sites for hydroxylation is 1. The van der Waals surface area contributed by atoms with Crippen molar-refractivity contribution in [1.29, 1.82) is 0 Å². The van der Waals surface area contributed by atoms with E-state index in [9.17, 15) is 9.59 Å². The van der Waals surface area contributed by atoms with E-state index < -0.39 is 11.9 Å². The van der Waals surface area contributed by atoms with Crippen molar-refractivity contribution in [3.05, 3.63) is 46.6 Å². The highest BCUT2D eigenvalue weighted by molar-refractivity contribution is 6.04. The number of nitrogens with zero attached hydrogens (tertiary/aromatic N) is 3. The van der Waals surface area contributed by atoms with Crippen molar-refractivity contribution >= 4 is 29.8 Å². The molecule has 0 aliphatic carbocycles. The zero-order valence-electron chi connectivity index (χ0n) is 26.6. The molecule has 1 aromatic carbocycles. The van der Waals surface area contributed by atoms with Gasteiger partial charge in [-0.15, -0.1) is 0 Å². The second kappa shape index (κ2) is 19.1. The van der Waals surface area contributed by atoms with E-state index in [4.69, 9.17) is 9.47 Å². The van der Waals surface area contributed by atoms with Gasteiger partial charge in [-0.25, -0.2) is 14.3 Å². The molecule has 0 bridgehead atoms. The molecule has 0 saturated heterocycles. The maximum absolute atomic E-state index is 13.0. The molecular formula is C36H46N4O4. The fraction of sp³-hybridized carbons (Fsp3) is 0.500. The number of aromatic nitrogens is 3. The van der Waals surface area contributed by atoms with Gasteiger partial charge in [0.05, 0.1) is 17.6 Å². The summed E-state index contributed by atoms with van der Waals surface area (Å²) in [5.74, 6) is 7.05. The van der Waals surface area contributed by atoms with Crippen LogP contribution in [0.15, 0.2) is 24.3 Å². The monoisotopic (exact) mass is 598 g/mol. The van der Waals surface area contributed by atoms with Crippen LogP contribution >= 0.6 is 0 Å². The van der Waals surface area contributed by atoms with Gasteiger partial charge in [-0.3, -0.25) is 4.79 Å². The highest BCUT2D eigenvalue weighted by Gasteiger charge is 2.24. The number of benzene rings is 1. The van der Waals surface area contributed by atoms with E-state index in [1.165, 1.54) is 88.0 Å². The first-order chi connectivity index (χ1) is 21.5. The topological polar surface area (TPSA) is 94.8 Å². The predicted molar refractivity (Wildman–Crippen MR) is 175 cm³/mol. The molecule has 2 heterocycles. The minimum Gasteiger partial charge on any atom is -0.494 e. The molecule has 8 heteroatoms. The fourth-order valence-electron chi connectivity index (χ4n) is 5.02. The number of hydrogen-bond donors (Lipinski definition) is 1. The Labute approximate surface area is 262 Å². The number of carbonyl (C=O) groups excluding carboxylic acids is 2. The van der Waals surface area contributed by atoms with Crippen molar-refractivity contribution in [3.8, 4) is 29.6 Å². The Kier molecular flexibility index (Phi) is 14.8. The van der Waals surface area contributed by atoms with E-state index in [2.05, 4.69) is 52.8 Å². The van der Waals surface area contributed by atoms with Gasteiger partial charge in [0, 0.05) is 11.6 Å². The first kappa shape index (κ1) is 34.2. The second-order valence-corrected chi connectivity index (χ2v) is 11.0. The number of ether oxygens (including phenoxy) is 2. The summed E-state index contributed by atoms with van der Waals surface area (Å²) < 4.78 is 12.2. The average Bonchev–Trinajstić information content (AvgIpc) is 3.51. The lowest BCUT2D eigenvalue weighted by atomic mass is 10.0. The molecule has 1 N–H and O–H groups in total. The van der Waals surface area contributed by atoms with Gasteiger partial charge in [0.15, 0.2) is 11.3 Å². The summed E-state index contributed by atoms with van der Waals surface area (Å²) in [5.41, 5.74) is 1.33. The number of rotatable bonds is 19. The Balaban J connectivity index is 1.36. The summed E-state index contributed by atoms with van der Waals surface area (Å²) in [6, 6.07) is 7.22. The minimum atomic E-state index is -0.725. The lowest BCUT2D eigenvalue weighted by Gasteiger charge is -2.08. The number of esters is 1. The Hall–Kier alpha value is -4.30. The van der Waals surface area contributed by atoms with Gasteiger partial charge in [0.1, 0.15) is 17.4 Å².